The van der Waals surface area contributed by atoms with Crippen LogP contribution in [0.3, 0.4) is 0 Å². The molecule has 0 aliphatic rings. The van der Waals surface area contributed by atoms with Crippen molar-refractivity contribution in [3.05, 3.63) is 52.4 Å². The molecule has 0 saturated heterocycles. The zero-order valence-corrected chi connectivity index (χ0v) is 11.7. The lowest BCUT2D eigenvalue weighted by atomic mass is 10.2. The molecular weight excluding hydrogens is 306 g/mol. The van der Waals surface area contributed by atoms with Crippen molar-refractivity contribution >= 4 is 27.4 Å². The fraction of sp³-hybridized carbons (Fsp3) is 0.167. The maximum atomic E-state index is 12.0. The molecule has 2 aromatic rings. The Kier molecular flexibility index (Phi) is 4.10. The number of hydrogen-bond donors (Lipinski definition) is 1. The maximum Gasteiger partial charge on any atom is 0.358 e. The fourth-order valence-electron chi connectivity index (χ4n) is 1.60. The van der Waals surface area contributed by atoms with Crippen molar-refractivity contribution in [2.24, 2.45) is 0 Å². The zero-order chi connectivity index (χ0) is 14.8. The predicted molar refractivity (Wildman–Crippen MR) is 71.2 cm³/mol. The van der Waals surface area contributed by atoms with Crippen LogP contribution in [0.2, 0.25) is 5.02 Å². The van der Waals surface area contributed by atoms with Gasteiger partial charge in [0.2, 0.25) is 0 Å². The maximum absolute atomic E-state index is 12.0. The van der Waals surface area contributed by atoms with Gasteiger partial charge in [-0.1, -0.05) is 35.0 Å². The number of nitrogens with zero attached hydrogens (tertiary/aromatic N) is 1. The fourth-order valence-corrected chi connectivity index (χ4v) is 3.28. The molecule has 106 valence electrons. The van der Waals surface area contributed by atoms with Crippen LogP contribution in [0.5, 0.6) is 0 Å². The van der Waals surface area contributed by atoms with Gasteiger partial charge in [0.25, 0.3) is 0 Å². The summed E-state index contributed by atoms with van der Waals surface area (Å²) in [5, 5.41) is 12.3. The number of rotatable bonds is 5. The molecule has 6 nitrogen and oxygen atoms in total. The summed E-state index contributed by atoms with van der Waals surface area (Å²) in [5.41, 5.74) is 0.153. The molecule has 1 aromatic carbocycles. The quantitative estimate of drug-likeness (QED) is 0.907. The third-order valence-electron chi connectivity index (χ3n) is 2.47. The van der Waals surface area contributed by atoms with E-state index in [2.05, 4.69) is 9.68 Å². The van der Waals surface area contributed by atoms with Crippen LogP contribution in [-0.2, 0) is 21.3 Å². The van der Waals surface area contributed by atoms with Gasteiger partial charge in [-0.2, -0.15) is 0 Å². The highest BCUT2D eigenvalue weighted by molar-refractivity contribution is 7.89. The molecule has 1 N–H and O–H groups in total. The highest BCUT2D eigenvalue weighted by Gasteiger charge is 2.19. The van der Waals surface area contributed by atoms with Crippen molar-refractivity contribution in [3.63, 3.8) is 0 Å². The number of benzene rings is 1. The van der Waals surface area contributed by atoms with Gasteiger partial charge in [0.15, 0.2) is 21.3 Å². The third-order valence-corrected chi connectivity index (χ3v) is 4.32. The second-order valence-corrected chi connectivity index (χ2v) is 6.58. The Labute approximate surface area is 119 Å². The molecule has 8 heteroatoms. The average Bonchev–Trinajstić information content (AvgIpc) is 2.79. The van der Waals surface area contributed by atoms with Crippen LogP contribution >= 0.6 is 11.6 Å². The van der Waals surface area contributed by atoms with Crippen molar-refractivity contribution in [1.29, 1.82) is 0 Å². The van der Waals surface area contributed by atoms with Crippen LogP contribution in [-0.4, -0.2) is 24.7 Å². The van der Waals surface area contributed by atoms with Crippen molar-refractivity contribution in [1.82, 2.24) is 5.16 Å². The smallest absolute Gasteiger partial charge is 0.358 e. The molecule has 20 heavy (non-hydrogen) atoms. The van der Waals surface area contributed by atoms with E-state index < -0.39 is 21.6 Å². The van der Waals surface area contributed by atoms with E-state index in [-0.39, 0.29) is 17.2 Å². The van der Waals surface area contributed by atoms with Gasteiger partial charge in [-0.15, -0.1) is 0 Å². The number of carboxylic acid groups (broad SMARTS) is 1. The van der Waals surface area contributed by atoms with Crippen molar-refractivity contribution in [2.75, 3.05) is 0 Å². The van der Waals surface area contributed by atoms with E-state index in [9.17, 15) is 13.2 Å². The highest BCUT2D eigenvalue weighted by Crippen LogP contribution is 2.20. The van der Waals surface area contributed by atoms with E-state index in [1.54, 1.807) is 24.3 Å². The van der Waals surface area contributed by atoms with Gasteiger partial charge in [-0.05, 0) is 11.6 Å². The number of carboxylic acids is 1. The average molecular weight is 316 g/mol. The number of sulfone groups is 1. The molecule has 0 bridgehead atoms. The Balaban J connectivity index is 2.15. The summed E-state index contributed by atoms with van der Waals surface area (Å²) >= 11 is 5.90. The van der Waals surface area contributed by atoms with Gasteiger partial charge < -0.3 is 9.63 Å². The normalized spacial score (nSPS) is 11.4. The summed E-state index contributed by atoms with van der Waals surface area (Å²) in [5.74, 6) is -1.98. The number of hydrogen-bond acceptors (Lipinski definition) is 5. The van der Waals surface area contributed by atoms with Crippen LogP contribution in [0.15, 0.2) is 34.9 Å². The van der Waals surface area contributed by atoms with Crippen molar-refractivity contribution in [2.45, 2.75) is 11.5 Å². The first-order chi connectivity index (χ1) is 9.37. The minimum Gasteiger partial charge on any atom is -0.476 e. The molecule has 0 spiro atoms. The van der Waals surface area contributed by atoms with Crippen LogP contribution in [0.1, 0.15) is 21.8 Å². The number of aromatic carboxylic acids is 1. The molecular formula is C12H10ClNO5S. The van der Waals surface area contributed by atoms with E-state index in [1.165, 1.54) is 0 Å². The Hall–Kier alpha value is -1.86. The third kappa shape index (κ3) is 3.58. The van der Waals surface area contributed by atoms with Gasteiger partial charge in [0, 0.05) is 11.1 Å². The van der Waals surface area contributed by atoms with E-state index >= 15 is 0 Å². The molecule has 0 fully saturated rings. The Morgan fingerprint density at radius 1 is 1.30 bits per heavy atom. The summed E-state index contributed by atoms with van der Waals surface area (Å²) < 4.78 is 28.7. The summed E-state index contributed by atoms with van der Waals surface area (Å²) in [4.78, 5) is 10.6. The van der Waals surface area contributed by atoms with E-state index in [4.69, 9.17) is 16.7 Å². The van der Waals surface area contributed by atoms with Gasteiger partial charge in [-0.3, -0.25) is 0 Å². The van der Waals surface area contributed by atoms with Crippen LogP contribution in [0.25, 0.3) is 0 Å². The number of carbonyl (C=O) groups is 1. The molecule has 0 amide bonds. The van der Waals surface area contributed by atoms with Crippen LogP contribution in [0.4, 0.5) is 0 Å². The summed E-state index contributed by atoms with van der Waals surface area (Å²) in [6.07, 6.45) is 0. The Bertz CT molecular complexity index is 738. The minimum absolute atomic E-state index is 0.0190. The zero-order valence-electron chi connectivity index (χ0n) is 10.1. The van der Waals surface area contributed by atoms with Crippen LogP contribution in [0, 0.1) is 0 Å². The van der Waals surface area contributed by atoms with Crippen molar-refractivity contribution in [3.8, 4) is 0 Å². The first-order valence-corrected chi connectivity index (χ1v) is 7.70. The second-order valence-electron chi connectivity index (χ2n) is 4.11. The van der Waals surface area contributed by atoms with Gasteiger partial charge in [0.05, 0.1) is 5.75 Å². The molecule has 1 aromatic heterocycles. The molecule has 1 heterocycles. The molecule has 0 atom stereocenters. The molecule has 0 saturated carbocycles. The largest absolute Gasteiger partial charge is 0.476 e. The van der Waals surface area contributed by atoms with Crippen LogP contribution < -0.4 is 0 Å². The SMILES string of the molecule is O=C(O)c1cc(CS(=O)(=O)Cc2ccccc2Cl)on1. The Morgan fingerprint density at radius 2 is 2.00 bits per heavy atom. The van der Waals surface area contributed by atoms with E-state index in [1.807, 2.05) is 0 Å². The summed E-state index contributed by atoms with van der Waals surface area (Å²) in [7, 11) is -3.53. The van der Waals surface area contributed by atoms with Gasteiger partial charge in [-0.25, -0.2) is 13.2 Å². The second kappa shape index (κ2) is 5.64. The molecule has 0 radical (unpaired) electrons. The minimum atomic E-state index is -3.53. The summed E-state index contributed by atoms with van der Waals surface area (Å²) in [6, 6.07) is 7.70. The Morgan fingerprint density at radius 3 is 2.60 bits per heavy atom. The van der Waals surface area contributed by atoms with Crippen molar-refractivity contribution < 1.29 is 22.8 Å². The lowest BCUT2D eigenvalue weighted by Gasteiger charge is -2.04. The van der Waals surface area contributed by atoms with E-state index in [0.717, 1.165) is 6.07 Å². The monoisotopic (exact) mass is 315 g/mol. The van der Waals surface area contributed by atoms with Gasteiger partial charge >= 0.3 is 5.97 Å². The standard InChI is InChI=1S/C12H10ClNO5S/c13-10-4-2-1-3-8(10)6-20(17,18)7-9-5-11(12(15)16)14-19-9/h1-5H,6-7H2,(H,15,16). The molecule has 0 unspecified atom stereocenters. The predicted octanol–water partition coefficient (Wildman–Crippen LogP) is 2.14. The number of halogens is 1. The number of aromatic nitrogens is 1. The van der Waals surface area contributed by atoms with Gasteiger partial charge in [0.1, 0.15) is 5.75 Å². The van der Waals surface area contributed by atoms with E-state index in [0.29, 0.717) is 10.6 Å². The summed E-state index contributed by atoms with van der Waals surface area (Å²) in [6.45, 7) is 0. The first kappa shape index (κ1) is 14.5. The molecule has 0 aliphatic heterocycles. The molecule has 0 aliphatic carbocycles. The molecule has 2 rings (SSSR count). The first-order valence-electron chi connectivity index (χ1n) is 5.50. The lowest BCUT2D eigenvalue weighted by Crippen LogP contribution is -2.07. The topological polar surface area (TPSA) is 97.5 Å². The lowest BCUT2D eigenvalue weighted by molar-refractivity contribution is 0.0685. The highest BCUT2D eigenvalue weighted by atomic mass is 35.5.